The summed E-state index contributed by atoms with van der Waals surface area (Å²) in [6.45, 7) is -1.24. The largest absolute Gasteiger partial charge is 0.435 e. The van der Waals surface area contributed by atoms with Crippen LogP contribution in [-0.4, -0.2) is 17.4 Å². The maximum atomic E-state index is 12.1. The number of rotatable bonds is 6. The Balaban J connectivity index is 2.00. The normalized spacial score (nSPS) is 10.9. The molecule has 1 N–H and O–H groups in total. The summed E-state index contributed by atoms with van der Waals surface area (Å²) in [7, 11) is 0. The predicted molar refractivity (Wildman–Crippen MR) is 88.6 cm³/mol. The number of ether oxygens (including phenoxy) is 1. The number of hydrogen-bond acceptors (Lipinski definition) is 4. The molecule has 0 unspecified atom stereocenters. The molecular weight excluding hydrogens is 334 g/mol. The van der Waals surface area contributed by atoms with E-state index < -0.39 is 17.4 Å². The van der Waals surface area contributed by atoms with E-state index in [0.29, 0.717) is 16.8 Å². The molecule has 8 heteroatoms. The van der Waals surface area contributed by atoms with Crippen LogP contribution in [0, 0.1) is 17.0 Å². The Kier molecular flexibility index (Phi) is 5.78. The van der Waals surface area contributed by atoms with Crippen molar-refractivity contribution < 1.29 is 23.2 Å². The molecule has 25 heavy (non-hydrogen) atoms. The molecule has 0 fully saturated rings. The van der Waals surface area contributed by atoms with Crippen LogP contribution in [0.4, 0.5) is 20.2 Å². The summed E-state index contributed by atoms with van der Waals surface area (Å²) in [4.78, 5) is 22.1. The molecule has 1 amide bonds. The van der Waals surface area contributed by atoms with E-state index in [1.54, 1.807) is 6.92 Å². The number of hydrogen-bond donors (Lipinski definition) is 1. The summed E-state index contributed by atoms with van der Waals surface area (Å²) in [5, 5.41) is 13.3. The van der Waals surface area contributed by atoms with Gasteiger partial charge in [0, 0.05) is 23.9 Å². The first-order valence-corrected chi connectivity index (χ1v) is 7.14. The molecule has 0 aliphatic rings. The van der Waals surface area contributed by atoms with Gasteiger partial charge in [-0.1, -0.05) is 12.1 Å². The van der Waals surface area contributed by atoms with E-state index in [9.17, 15) is 23.7 Å². The number of nitrogens with zero attached hydrogens (tertiary/aromatic N) is 1. The summed E-state index contributed by atoms with van der Waals surface area (Å²) in [5.74, 6) is -0.400. The number of carbonyl (C=O) groups is 1. The van der Waals surface area contributed by atoms with E-state index in [-0.39, 0.29) is 11.4 Å². The Hall–Kier alpha value is -3.29. The van der Waals surface area contributed by atoms with E-state index >= 15 is 0 Å². The van der Waals surface area contributed by atoms with Crippen molar-refractivity contribution in [3.63, 3.8) is 0 Å². The van der Waals surface area contributed by atoms with Gasteiger partial charge in [-0.15, -0.1) is 0 Å². The third kappa shape index (κ3) is 5.38. The standard InChI is InChI=1S/C17H14F2N2O4/c1-11-10-13(21(23)24)5-8-15(11)20-16(22)9-4-12-2-6-14(7-3-12)25-17(18)19/h2-10,17H,1H3,(H,20,22)/b9-4+. The number of halogens is 2. The van der Waals surface area contributed by atoms with E-state index in [4.69, 9.17) is 0 Å². The molecule has 2 aromatic rings. The van der Waals surface area contributed by atoms with Crippen LogP contribution < -0.4 is 10.1 Å². The Bertz CT molecular complexity index is 805. The minimum absolute atomic E-state index is 0.0260. The maximum absolute atomic E-state index is 12.1. The van der Waals surface area contributed by atoms with Crippen LogP contribution in [0.15, 0.2) is 48.5 Å². The highest BCUT2D eigenvalue weighted by atomic mass is 19.3. The second-order valence-electron chi connectivity index (χ2n) is 5.03. The quantitative estimate of drug-likeness (QED) is 0.483. The van der Waals surface area contributed by atoms with Gasteiger partial charge in [0.2, 0.25) is 5.91 Å². The molecule has 0 atom stereocenters. The van der Waals surface area contributed by atoms with Crippen LogP contribution in [0.3, 0.4) is 0 Å². The number of nitro groups is 1. The van der Waals surface area contributed by atoms with E-state index in [0.717, 1.165) is 0 Å². The minimum Gasteiger partial charge on any atom is -0.435 e. The summed E-state index contributed by atoms with van der Waals surface area (Å²) >= 11 is 0. The van der Waals surface area contributed by atoms with Gasteiger partial charge in [-0.25, -0.2) is 0 Å². The summed E-state index contributed by atoms with van der Waals surface area (Å²) in [6.07, 6.45) is 2.77. The highest BCUT2D eigenvalue weighted by molar-refractivity contribution is 6.02. The first-order chi connectivity index (χ1) is 11.8. The van der Waals surface area contributed by atoms with Gasteiger partial charge in [-0.3, -0.25) is 14.9 Å². The monoisotopic (exact) mass is 348 g/mol. The molecule has 130 valence electrons. The van der Waals surface area contributed by atoms with E-state index in [2.05, 4.69) is 10.1 Å². The average Bonchev–Trinajstić information content (AvgIpc) is 2.55. The average molecular weight is 348 g/mol. The Morgan fingerprint density at radius 1 is 1.24 bits per heavy atom. The van der Waals surface area contributed by atoms with E-state index in [1.807, 2.05) is 0 Å². The smallest absolute Gasteiger partial charge is 0.387 e. The topological polar surface area (TPSA) is 81.5 Å². The van der Waals surface area contributed by atoms with Gasteiger partial charge in [-0.05, 0) is 42.3 Å². The van der Waals surface area contributed by atoms with Crippen molar-refractivity contribution in [1.82, 2.24) is 0 Å². The number of aryl methyl sites for hydroxylation is 1. The SMILES string of the molecule is Cc1cc([N+](=O)[O-])ccc1NC(=O)/C=C/c1ccc(OC(F)F)cc1. The number of nitrogens with one attached hydrogen (secondary N) is 1. The lowest BCUT2D eigenvalue weighted by molar-refractivity contribution is -0.384. The van der Waals surface area contributed by atoms with Crippen LogP contribution in [0.2, 0.25) is 0 Å². The predicted octanol–water partition coefficient (Wildman–Crippen LogP) is 4.16. The number of benzene rings is 2. The minimum atomic E-state index is -2.89. The molecule has 0 aromatic heterocycles. The van der Waals surface area contributed by atoms with Crippen molar-refractivity contribution in [3.05, 3.63) is 69.8 Å². The van der Waals surface area contributed by atoms with Gasteiger partial charge < -0.3 is 10.1 Å². The molecule has 6 nitrogen and oxygen atoms in total. The van der Waals surface area contributed by atoms with Gasteiger partial charge in [0.05, 0.1) is 4.92 Å². The number of nitro benzene ring substituents is 1. The van der Waals surface area contributed by atoms with Crippen molar-refractivity contribution >= 4 is 23.4 Å². The van der Waals surface area contributed by atoms with Crippen molar-refractivity contribution in [2.75, 3.05) is 5.32 Å². The molecule has 0 bridgehead atoms. The first kappa shape index (κ1) is 18.1. The lowest BCUT2D eigenvalue weighted by Gasteiger charge is -2.06. The fourth-order valence-corrected chi connectivity index (χ4v) is 2.01. The maximum Gasteiger partial charge on any atom is 0.387 e. The number of non-ortho nitro benzene ring substituents is 1. The van der Waals surface area contributed by atoms with Gasteiger partial charge in [-0.2, -0.15) is 8.78 Å². The second-order valence-corrected chi connectivity index (χ2v) is 5.03. The van der Waals surface area contributed by atoms with Gasteiger partial charge in [0.1, 0.15) is 5.75 Å². The van der Waals surface area contributed by atoms with Gasteiger partial charge in [0.15, 0.2) is 0 Å². The van der Waals surface area contributed by atoms with Crippen molar-refractivity contribution in [2.24, 2.45) is 0 Å². The zero-order valence-corrected chi connectivity index (χ0v) is 13.1. The fourth-order valence-electron chi connectivity index (χ4n) is 2.01. The second kappa shape index (κ2) is 8.00. The van der Waals surface area contributed by atoms with Crippen LogP contribution in [0.1, 0.15) is 11.1 Å². The Morgan fingerprint density at radius 2 is 1.92 bits per heavy atom. The van der Waals surface area contributed by atoms with Crippen molar-refractivity contribution in [1.29, 1.82) is 0 Å². The molecule has 0 aliphatic heterocycles. The lowest BCUT2D eigenvalue weighted by Crippen LogP contribution is -2.09. The summed E-state index contributed by atoms with van der Waals surface area (Å²) in [5.41, 5.74) is 1.58. The Morgan fingerprint density at radius 3 is 2.48 bits per heavy atom. The first-order valence-electron chi connectivity index (χ1n) is 7.14. The molecule has 0 spiro atoms. The zero-order chi connectivity index (χ0) is 18.4. The van der Waals surface area contributed by atoms with Crippen molar-refractivity contribution in [2.45, 2.75) is 13.5 Å². The van der Waals surface area contributed by atoms with Crippen LogP contribution in [0.5, 0.6) is 5.75 Å². The molecule has 2 rings (SSSR count). The molecule has 0 saturated carbocycles. The Labute approximate surface area is 141 Å². The molecule has 0 saturated heterocycles. The number of amides is 1. The summed E-state index contributed by atoms with van der Waals surface area (Å²) in [6, 6.07) is 9.90. The van der Waals surface area contributed by atoms with Gasteiger partial charge in [0.25, 0.3) is 5.69 Å². The third-order valence-electron chi connectivity index (χ3n) is 3.21. The summed E-state index contributed by atoms with van der Waals surface area (Å²) < 4.78 is 28.3. The van der Waals surface area contributed by atoms with Crippen LogP contribution in [0.25, 0.3) is 6.08 Å². The molecule has 0 radical (unpaired) electrons. The zero-order valence-electron chi connectivity index (χ0n) is 13.1. The highest BCUT2D eigenvalue weighted by Gasteiger charge is 2.09. The highest BCUT2D eigenvalue weighted by Crippen LogP contribution is 2.21. The number of carbonyl (C=O) groups excluding carboxylic acids is 1. The van der Waals surface area contributed by atoms with Crippen LogP contribution >= 0.6 is 0 Å². The van der Waals surface area contributed by atoms with Crippen molar-refractivity contribution in [3.8, 4) is 5.75 Å². The molecule has 2 aromatic carbocycles. The van der Waals surface area contributed by atoms with E-state index in [1.165, 1.54) is 54.6 Å². The molecular formula is C17H14F2N2O4. The molecule has 0 heterocycles. The third-order valence-corrected chi connectivity index (χ3v) is 3.21. The number of anilines is 1. The molecule has 0 aliphatic carbocycles. The fraction of sp³-hybridized carbons (Fsp3) is 0.118. The number of alkyl halides is 2. The van der Waals surface area contributed by atoms with Gasteiger partial charge >= 0.3 is 6.61 Å². The lowest BCUT2D eigenvalue weighted by atomic mass is 10.1. The van der Waals surface area contributed by atoms with Crippen LogP contribution in [-0.2, 0) is 4.79 Å².